The molecule has 14 heavy (non-hydrogen) atoms. The Morgan fingerprint density at radius 1 is 1.64 bits per heavy atom. The zero-order chi connectivity index (χ0) is 10.7. The van der Waals surface area contributed by atoms with Gasteiger partial charge < -0.3 is 15.6 Å². The van der Waals surface area contributed by atoms with Crippen LogP contribution in [0.3, 0.4) is 0 Å². The molecule has 0 spiro atoms. The number of phenols is 1. The average Bonchev–Trinajstić information content (AvgIpc) is 2.14. The predicted octanol–water partition coefficient (Wildman–Crippen LogP) is 1.45. The van der Waals surface area contributed by atoms with Gasteiger partial charge in [-0.1, -0.05) is 0 Å². The summed E-state index contributed by atoms with van der Waals surface area (Å²) in [4.78, 5) is 10.9. The molecule has 1 rings (SSSR count). The maximum Gasteiger partial charge on any atom is 0.310 e. The van der Waals surface area contributed by atoms with Crippen molar-refractivity contribution in [2.24, 2.45) is 0 Å². The second-order valence-corrected chi connectivity index (χ2v) is 3.61. The molecule has 0 atom stereocenters. The summed E-state index contributed by atoms with van der Waals surface area (Å²) in [7, 11) is 1.30. The molecule has 0 radical (unpaired) electrons. The van der Waals surface area contributed by atoms with E-state index in [0.717, 1.165) is 0 Å². The third-order valence-corrected chi connectivity index (χ3v) is 2.45. The number of carbonyl (C=O) groups is 1. The SMILES string of the molecule is COC(=O)Cc1cc(Br)c(N)cc1O. The number of methoxy groups -OCH3 is 1. The fourth-order valence-corrected chi connectivity index (χ4v) is 1.38. The van der Waals surface area contributed by atoms with E-state index >= 15 is 0 Å². The third kappa shape index (κ3) is 2.38. The summed E-state index contributed by atoms with van der Waals surface area (Å²) < 4.78 is 5.13. The van der Waals surface area contributed by atoms with Crippen LogP contribution in [0.25, 0.3) is 0 Å². The highest BCUT2D eigenvalue weighted by Gasteiger charge is 2.10. The Morgan fingerprint density at radius 2 is 2.29 bits per heavy atom. The van der Waals surface area contributed by atoms with Crippen LogP contribution in [0.1, 0.15) is 5.56 Å². The Bertz CT molecular complexity index is 365. The zero-order valence-electron chi connectivity index (χ0n) is 7.58. The Balaban J connectivity index is 2.98. The fourth-order valence-electron chi connectivity index (χ4n) is 0.988. The Morgan fingerprint density at radius 3 is 2.86 bits per heavy atom. The summed E-state index contributed by atoms with van der Waals surface area (Å²) in [6.45, 7) is 0. The third-order valence-electron chi connectivity index (χ3n) is 1.76. The number of benzene rings is 1. The van der Waals surface area contributed by atoms with Crippen molar-refractivity contribution in [2.75, 3.05) is 12.8 Å². The molecule has 76 valence electrons. The van der Waals surface area contributed by atoms with Crippen molar-refractivity contribution in [3.05, 3.63) is 22.2 Å². The van der Waals surface area contributed by atoms with E-state index in [-0.39, 0.29) is 12.2 Å². The maximum absolute atomic E-state index is 10.9. The van der Waals surface area contributed by atoms with Gasteiger partial charge in [-0.25, -0.2) is 0 Å². The van der Waals surface area contributed by atoms with Crippen molar-refractivity contribution in [3.8, 4) is 5.75 Å². The summed E-state index contributed by atoms with van der Waals surface area (Å²) in [6, 6.07) is 2.99. The number of aromatic hydroxyl groups is 1. The highest BCUT2D eigenvalue weighted by Crippen LogP contribution is 2.28. The topological polar surface area (TPSA) is 72.5 Å². The Labute approximate surface area is 89.8 Å². The van der Waals surface area contributed by atoms with Crippen LogP contribution >= 0.6 is 15.9 Å². The van der Waals surface area contributed by atoms with Gasteiger partial charge in [0.2, 0.25) is 0 Å². The van der Waals surface area contributed by atoms with Crippen LogP contribution in [0.2, 0.25) is 0 Å². The molecule has 0 unspecified atom stereocenters. The summed E-state index contributed by atoms with van der Waals surface area (Å²) in [5, 5.41) is 9.45. The molecule has 0 saturated heterocycles. The Kier molecular flexibility index (Phi) is 3.35. The van der Waals surface area contributed by atoms with Crippen LogP contribution in [-0.4, -0.2) is 18.2 Å². The van der Waals surface area contributed by atoms with Crippen molar-refractivity contribution in [3.63, 3.8) is 0 Å². The number of halogens is 1. The predicted molar refractivity (Wildman–Crippen MR) is 55.9 cm³/mol. The molecular weight excluding hydrogens is 250 g/mol. The van der Waals surface area contributed by atoms with Crippen LogP contribution < -0.4 is 5.73 Å². The van der Waals surface area contributed by atoms with Crippen LogP contribution in [-0.2, 0) is 16.0 Å². The van der Waals surface area contributed by atoms with Crippen molar-refractivity contribution in [2.45, 2.75) is 6.42 Å². The molecular formula is C9H10BrNO3. The molecule has 0 aromatic heterocycles. The molecule has 0 aliphatic carbocycles. The molecule has 0 bridgehead atoms. The number of rotatable bonds is 2. The number of hydrogen-bond donors (Lipinski definition) is 2. The van der Waals surface area contributed by atoms with E-state index in [1.165, 1.54) is 13.2 Å². The molecule has 0 fully saturated rings. The van der Waals surface area contributed by atoms with E-state index in [0.29, 0.717) is 15.7 Å². The molecule has 1 aromatic rings. The highest BCUT2D eigenvalue weighted by atomic mass is 79.9. The van der Waals surface area contributed by atoms with Gasteiger partial charge in [0, 0.05) is 21.8 Å². The summed E-state index contributed by atoms with van der Waals surface area (Å²) in [5.41, 5.74) is 6.44. The number of phenolic OH excluding ortho intramolecular Hbond substituents is 1. The van der Waals surface area contributed by atoms with Gasteiger partial charge >= 0.3 is 5.97 Å². The number of hydrogen-bond acceptors (Lipinski definition) is 4. The van der Waals surface area contributed by atoms with Crippen LogP contribution in [0.5, 0.6) is 5.75 Å². The van der Waals surface area contributed by atoms with E-state index in [2.05, 4.69) is 20.7 Å². The van der Waals surface area contributed by atoms with E-state index < -0.39 is 5.97 Å². The lowest BCUT2D eigenvalue weighted by molar-refractivity contribution is -0.139. The van der Waals surface area contributed by atoms with Gasteiger partial charge in [0.15, 0.2) is 0 Å². The average molecular weight is 260 g/mol. The standard InChI is InChI=1S/C9H10BrNO3/c1-14-9(13)3-5-2-6(10)7(11)4-8(5)12/h2,4,12H,3,11H2,1H3. The summed E-state index contributed by atoms with van der Waals surface area (Å²) in [5.74, 6) is -0.409. The number of ether oxygens (including phenoxy) is 1. The first-order valence-corrected chi connectivity index (χ1v) is 4.67. The van der Waals surface area contributed by atoms with Gasteiger partial charge in [0.1, 0.15) is 5.75 Å². The van der Waals surface area contributed by atoms with E-state index in [9.17, 15) is 9.90 Å². The first kappa shape index (κ1) is 10.8. The van der Waals surface area contributed by atoms with Gasteiger partial charge in [-0.15, -0.1) is 0 Å². The lowest BCUT2D eigenvalue weighted by Crippen LogP contribution is -2.05. The molecule has 0 saturated carbocycles. The normalized spacial score (nSPS) is 9.86. The minimum atomic E-state index is -0.406. The van der Waals surface area contributed by atoms with E-state index in [1.807, 2.05) is 0 Å². The van der Waals surface area contributed by atoms with Crippen molar-refractivity contribution in [1.29, 1.82) is 0 Å². The quantitative estimate of drug-likeness (QED) is 0.623. The number of esters is 1. The largest absolute Gasteiger partial charge is 0.508 e. The molecule has 4 nitrogen and oxygen atoms in total. The van der Waals surface area contributed by atoms with Gasteiger partial charge in [-0.3, -0.25) is 4.79 Å². The maximum atomic E-state index is 10.9. The minimum Gasteiger partial charge on any atom is -0.508 e. The first-order valence-electron chi connectivity index (χ1n) is 3.88. The minimum absolute atomic E-state index is 0.00361. The van der Waals surface area contributed by atoms with Gasteiger partial charge in [-0.2, -0.15) is 0 Å². The first-order chi connectivity index (χ1) is 6.54. The second-order valence-electron chi connectivity index (χ2n) is 2.76. The molecule has 0 aliphatic heterocycles. The van der Waals surface area contributed by atoms with Gasteiger partial charge in [-0.05, 0) is 22.0 Å². The molecule has 0 amide bonds. The molecule has 5 heteroatoms. The van der Waals surface area contributed by atoms with Crippen molar-refractivity contribution >= 4 is 27.6 Å². The summed E-state index contributed by atoms with van der Waals surface area (Å²) in [6.07, 6.45) is 0.0290. The highest BCUT2D eigenvalue weighted by molar-refractivity contribution is 9.10. The number of carbonyl (C=O) groups excluding carboxylic acids is 1. The number of nitrogen functional groups attached to an aromatic ring is 1. The van der Waals surface area contributed by atoms with E-state index in [1.54, 1.807) is 6.07 Å². The van der Waals surface area contributed by atoms with Crippen LogP contribution in [0, 0.1) is 0 Å². The lowest BCUT2D eigenvalue weighted by atomic mass is 10.1. The zero-order valence-corrected chi connectivity index (χ0v) is 9.17. The molecule has 1 aromatic carbocycles. The van der Waals surface area contributed by atoms with E-state index in [4.69, 9.17) is 5.73 Å². The number of anilines is 1. The van der Waals surface area contributed by atoms with Crippen molar-refractivity contribution in [1.82, 2.24) is 0 Å². The second kappa shape index (κ2) is 4.32. The Hall–Kier alpha value is -1.23. The lowest BCUT2D eigenvalue weighted by Gasteiger charge is -2.06. The molecule has 3 N–H and O–H groups in total. The molecule has 0 heterocycles. The van der Waals surface area contributed by atoms with Gasteiger partial charge in [0.25, 0.3) is 0 Å². The van der Waals surface area contributed by atoms with Crippen LogP contribution in [0.4, 0.5) is 5.69 Å². The molecule has 0 aliphatic rings. The number of nitrogens with two attached hydrogens (primary N) is 1. The summed E-state index contributed by atoms with van der Waals surface area (Å²) >= 11 is 3.20. The fraction of sp³-hybridized carbons (Fsp3) is 0.222. The smallest absolute Gasteiger partial charge is 0.310 e. The van der Waals surface area contributed by atoms with Crippen molar-refractivity contribution < 1.29 is 14.6 Å². The van der Waals surface area contributed by atoms with Gasteiger partial charge in [0.05, 0.1) is 13.5 Å². The monoisotopic (exact) mass is 259 g/mol. The van der Waals surface area contributed by atoms with Crippen LogP contribution in [0.15, 0.2) is 16.6 Å².